The molecule has 1 fully saturated rings. The number of carbonyl (C=O) groups is 1. The quantitative estimate of drug-likeness (QED) is 0.799. The lowest BCUT2D eigenvalue weighted by Crippen LogP contribution is -2.52. The summed E-state index contributed by atoms with van der Waals surface area (Å²) < 4.78 is 5.91. The van der Waals surface area contributed by atoms with Gasteiger partial charge in [0.1, 0.15) is 17.6 Å². The third-order valence-electron chi connectivity index (χ3n) is 4.98. The summed E-state index contributed by atoms with van der Waals surface area (Å²) in [6.07, 6.45) is 1.15. The highest BCUT2D eigenvalue weighted by Gasteiger charge is 2.27. The maximum atomic E-state index is 12.8. The van der Waals surface area contributed by atoms with Gasteiger partial charge >= 0.3 is 0 Å². The van der Waals surface area contributed by atoms with E-state index in [2.05, 4.69) is 35.9 Å². The fraction of sp³-hybridized carbons (Fsp3) is 0.409. The number of hydrogen-bond donors (Lipinski definition) is 0. The largest absolute Gasteiger partial charge is 0.481 e. The van der Waals surface area contributed by atoms with E-state index in [0.29, 0.717) is 43.5 Å². The van der Waals surface area contributed by atoms with E-state index in [1.165, 1.54) is 5.56 Å². The van der Waals surface area contributed by atoms with Crippen LogP contribution in [0, 0.1) is 11.3 Å². The fourth-order valence-corrected chi connectivity index (χ4v) is 3.33. The summed E-state index contributed by atoms with van der Waals surface area (Å²) in [5.41, 5.74) is 1.75. The van der Waals surface area contributed by atoms with Gasteiger partial charge in [-0.2, -0.15) is 5.26 Å². The molecule has 3 rings (SSSR count). The van der Waals surface area contributed by atoms with Crippen LogP contribution in [0.2, 0.25) is 0 Å². The average Bonchev–Trinajstić information content (AvgIpc) is 2.73. The van der Waals surface area contributed by atoms with Gasteiger partial charge in [0, 0.05) is 32.4 Å². The van der Waals surface area contributed by atoms with Crippen molar-refractivity contribution in [2.45, 2.75) is 32.8 Å². The number of nitrogens with zero attached hydrogens (tertiary/aromatic N) is 4. The van der Waals surface area contributed by atoms with Crippen molar-refractivity contribution in [1.82, 2.24) is 9.88 Å². The predicted molar refractivity (Wildman–Crippen MR) is 108 cm³/mol. The molecule has 1 aliphatic heterocycles. The van der Waals surface area contributed by atoms with E-state index in [-0.39, 0.29) is 5.91 Å². The van der Waals surface area contributed by atoms with Gasteiger partial charge in [0.15, 0.2) is 6.10 Å². The van der Waals surface area contributed by atoms with Crippen LogP contribution < -0.4 is 9.64 Å². The number of rotatable bonds is 5. The van der Waals surface area contributed by atoms with Crippen LogP contribution in [0.3, 0.4) is 0 Å². The Bertz CT molecular complexity index is 867. The Morgan fingerprint density at radius 3 is 2.57 bits per heavy atom. The van der Waals surface area contributed by atoms with Gasteiger partial charge in [0.2, 0.25) is 0 Å². The molecular formula is C22H26N4O2. The number of piperazine rings is 1. The van der Waals surface area contributed by atoms with Gasteiger partial charge in [-0.15, -0.1) is 0 Å². The number of pyridine rings is 1. The molecule has 2 heterocycles. The van der Waals surface area contributed by atoms with Gasteiger partial charge in [-0.25, -0.2) is 4.98 Å². The molecule has 146 valence electrons. The van der Waals surface area contributed by atoms with E-state index >= 15 is 0 Å². The van der Waals surface area contributed by atoms with E-state index in [1.807, 2.05) is 23.1 Å². The number of aromatic nitrogens is 1. The molecule has 1 aliphatic rings. The van der Waals surface area contributed by atoms with Crippen LogP contribution in [-0.4, -0.2) is 48.1 Å². The second kappa shape index (κ2) is 8.75. The van der Waals surface area contributed by atoms with Gasteiger partial charge in [0.05, 0.1) is 5.56 Å². The first-order chi connectivity index (χ1) is 13.5. The summed E-state index contributed by atoms with van der Waals surface area (Å²) in [6, 6.07) is 13.6. The zero-order valence-electron chi connectivity index (χ0n) is 16.6. The number of benzene rings is 1. The Balaban J connectivity index is 1.59. The number of nitriles is 1. The van der Waals surface area contributed by atoms with Crippen molar-refractivity contribution in [1.29, 1.82) is 5.26 Å². The van der Waals surface area contributed by atoms with E-state index < -0.39 is 6.10 Å². The Labute approximate surface area is 166 Å². The molecule has 0 bridgehead atoms. The van der Waals surface area contributed by atoms with Gasteiger partial charge in [-0.1, -0.05) is 26.0 Å². The van der Waals surface area contributed by atoms with Crippen LogP contribution in [0.15, 0.2) is 42.6 Å². The van der Waals surface area contributed by atoms with Gasteiger partial charge < -0.3 is 14.5 Å². The van der Waals surface area contributed by atoms with Crippen molar-refractivity contribution >= 4 is 11.7 Å². The second-order valence-corrected chi connectivity index (χ2v) is 7.29. The lowest BCUT2D eigenvalue weighted by atomic mass is 10.0. The van der Waals surface area contributed by atoms with Crippen LogP contribution >= 0.6 is 0 Å². The zero-order valence-corrected chi connectivity index (χ0v) is 16.6. The molecule has 0 N–H and O–H groups in total. The molecule has 0 saturated carbocycles. The first kappa shape index (κ1) is 19.7. The Kier molecular flexibility index (Phi) is 6.15. The van der Waals surface area contributed by atoms with Crippen molar-refractivity contribution < 1.29 is 9.53 Å². The molecule has 1 aromatic heterocycles. The lowest BCUT2D eigenvalue weighted by molar-refractivity contribution is -0.138. The maximum absolute atomic E-state index is 12.8. The topological polar surface area (TPSA) is 69.5 Å². The fourth-order valence-electron chi connectivity index (χ4n) is 3.33. The monoisotopic (exact) mass is 378 g/mol. The molecule has 6 heteroatoms. The third-order valence-corrected chi connectivity index (χ3v) is 4.98. The summed E-state index contributed by atoms with van der Waals surface area (Å²) >= 11 is 0. The van der Waals surface area contributed by atoms with Crippen molar-refractivity contribution in [2.24, 2.45) is 0 Å². The summed E-state index contributed by atoms with van der Waals surface area (Å²) in [4.78, 5) is 21.0. The normalized spacial score (nSPS) is 15.2. The average molecular weight is 378 g/mol. The summed E-state index contributed by atoms with van der Waals surface area (Å²) in [7, 11) is 0. The molecule has 1 unspecified atom stereocenters. The highest BCUT2D eigenvalue weighted by Crippen LogP contribution is 2.22. The molecule has 2 aromatic rings. The van der Waals surface area contributed by atoms with Crippen LogP contribution in [0.5, 0.6) is 5.75 Å². The number of amides is 1. The summed E-state index contributed by atoms with van der Waals surface area (Å²) in [6.45, 7) is 8.52. The van der Waals surface area contributed by atoms with Crippen molar-refractivity contribution in [2.75, 3.05) is 31.1 Å². The predicted octanol–water partition coefficient (Wildman–Crippen LogP) is 3.19. The summed E-state index contributed by atoms with van der Waals surface area (Å²) in [5.74, 6) is 1.80. The zero-order chi connectivity index (χ0) is 20.1. The minimum atomic E-state index is -0.543. The Morgan fingerprint density at radius 1 is 1.14 bits per heavy atom. The van der Waals surface area contributed by atoms with E-state index in [0.717, 1.165) is 5.75 Å². The van der Waals surface area contributed by atoms with Gasteiger partial charge in [0.25, 0.3) is 5.91 Å². The van der Waals surface area contributed by atoms with Gasteiger partial charge in [-0.3, -0.25) is 4.79 Å². The van der Waals surface area contributed by atoms with Crippen LogP contribution in [0.4, 0.5) is 5.82 Å². The van der Waals surface area contributed by atoms with E-state index in [1.54, 1.807) is 25.3 Å². The van der Waals surface area contributed by atoms with Crippen molar-refractivity contribution in [3.63, 3.8) is 0 Å². The maximum Gasteiger partial charge on any atom is 0.263 e. The highest BCUT2D eigenvalue weighted by atomic mass is 16.5. The molecule has 1 saturated heterocycles. The van der Waals surface area contributed by atoms with E-state index in [4.69, 9.17) is 4.74 Å². The molecule has 0 radical (unpaired) electrons. The second-order valence-electron chi connectivity index (χ2n) is 7.29. The minimum absolute atomic E-state index is 0.0175. The summed E-state index contributed by atoms with van der Waals surface area (Å²) in [5, 5.41) is 9.26. The first-order valence-electron chi connectivity index (χ1n) is 9.65. The first-order valence-corrected chi connectivity index (χ1v) is 9.65. The molecule has 0 aliphatic carbocycles. The van der Waals surface area contributed by atoms with Crippen molar-refractivity contribution in [3.05, 3.63) is 53.7 Å². The Hall–Kier alpha value is -3.07. The van der Waals surface area contributed by atoms with Crippen LogP contribution in [-0.2, 0) is 4.79 Å². The van der Waals surface area contributed by atoms with Crippen LogP contribution in [0.1, 0.15) is 37.8 Å². The molecule has 28 heavy (non-hydrogen) atoms. The molecule has 0 spiro atoms. The molecule has 1 aromatic carbocycles. The number of ether oxygens (including phenoxy) is 1. The minimum Gasteiger partial charge on any atom is -0.481 e. The number of anilines is 1. The van der Waals surface area contributed by atoms with Crippen molar-refractivity contribution in [3.8, 4) is 11.8 Å². The van der Waals surface area contributed by atoms with Gasteiger partial charge in [-0.05, 0) is 42.7 Å². The standard InChI is InChI=1S/C22H26N4O2/c1-16(2)18-6-4-8-20(14-18)28-17(3)22(27)26-12-10-25(11-13-26)21-19(15-23)7-5-9-24-21/h4-9,14,16-17H,10-13H2,1-3H3. The lowest BCUT2D eigenvalue weighted by Gasteiger charge is -2.36. The molecule has 1 amide bonds. The molecular weight excluding hydrogens is 352 g/mol. The van der Waals surface area contributed by atoms with E-state index in [9.17, 15) is 10.1 Å². The Morgan fingerprint density at radius 2 is 1.89 bits per heavy atom. The van der Waals surface area contributed by atoms with Crippen LogP contribution in [0.25, 0.3) is 0 Å². The third kappa shape index (κ3) is 4.42. The molecule has 6 nitrogen and oxygen atoms in total. The smallest absolute Gasteiger partial charge is 0.263 e. The number of carbonyl (C=O) groups excluding carboxylic acids is 1. The molecule has 1 atom stereocenters. The highest BCUT2D eigenvalue weighted by molar-refractivity contribution is 5.81. The number of hydrogen-bond acceptors (Lipinski definition) is 5. The SMILES string of the molecule is CC(Oc1cccc(C(C)C)c1)C(=O)N1CCN(c2ncccc2C#N)CC1.